The number of benzene rings is 3. The Morgan fingerprint density at radius 3 is 2.05 bits per heavy atom. The molecule has 1 aliphatic rings. The molecule has 230 valence electrons. The van der Waals surface area contributed by atoms with E-state index in [4.69, 9.17) is 14.5 Å². The minimum Gasteiger partial charge on any atom is -0.493 e. The van der Waals surface area contributed by atoms with Crippen LogP contribution in [0.1, 0.15) is 38.9 Å². The monoisotopic (exact) mass is 595 g/mol. The number of carbonyl (C=O) groups excluding carboxylic acids is 1. The quantitative estimate of drug-likeness (QED) is 0.282. The molecule has 9 nitrogen and oxygen atoms in total. The number of ether oxygens (including phenoxy) is 2. The van der Waals surface area contributed by atoms with E-state index in [0.717, 1.165) is 61.6 Å². The predicted octanol–water partition coefficient (Wildman–Crippen LogP) is 5.79. The second kappa shape index (κ2) is 12.4. The number of hydrogen-bond acceptors (Lipinski definition) is 5. The summed E-state index contributed by atoms with van der Waals surface area (Å²) in [6, 6.07) is 13.8. The van der Waals surface area contributed by atoms with Crippen molar-refractivity contribution in [3.63, 3.8) is 0 Å². The van der Waals surface area contributed by atoms with Gasteiger partial charge in [-0.1, -0.05) is 35.4 Å². The Labute approximate surface area is 258 Å². The van der Waals surface area contributed by atoms with Gasteiger partial charge in [-0.05, 0) is 87.9 Å². The maximum atomic E-state index is 14.1. The molecule has 2 heterocycles. The SMILES string of the molecule is COc1cc2c(cc1OC)-c1cc(=Nc3c(C)cc(C)cc3C)n(CCNC(=O)Nc3c(C)cc(C)cc3C)c(=O)n1CC2. The third-order valence-corrected chi connectivity index (χ3v) is 8.18. The number of amides is 2. The van der Waals surface area contributed by atoms with Gasteiger partial charge in [0.2, 0.25) is 0 Å². The first-order chi connectivity index (χ1) is 21.0. The average molecular weight is 596 g/mol. The van der Waals surface area contributed by atoms with Gasteiger partial charge in [-0.15, -0.1) is 0 Å². The number of aromatic nitrogens is 2. The minimum absolute atomic E-state index is 0.184. The summed E-state index contributed by atoms with van der Waals surface area (Å²) in [5.41, 5.74) is 11.1. The summed E-state index contributed by atoms with van der Waals surface area (Å²) in [7, 11) is 3.22. The van der Waals surface area contributed by atoms with Crippen LogP contribution in [0, 0.1) is 41.5 Å². The second-order valence-corrected chi connectivity index (χ2v) is 11.6. The van der Waals surface area contributed by atoms with E-state index in [0.29, 0.717) is 30.0 Å². The van der Waals surface area contributed by atoms with Gasteiger partial charge in [0.1, 0.15) is 5.49 Å². The van der Waals surface area contributed by atoms with Gasteiger partial charge in [0.25, 0.3) is 0 Å². The van der Waals surface area contributed by atoms with Crippen LogP contribution in [0.15, 0.2) is 52.3 Å². The number of methoxy groups -OCH3 is 2. The highest BCUT2D eigenvalue weighted by Gasteiger charge is 2.22. The van der Waals surface area contributed by atoms with Gasteiger partial charge in [-0.3, -0.25) is 9.13 Å². The van der Waals surface area contributed by atoms with Crippen molar-refractivity contribution in [2.75, 3.05) is 26.1 Å². The molecule has 1 aliphatic heterocycles. The zero-order chi connectivity index (χ0) is 31.7. The first-order valence-corrected chi connectivity index (χ1v) is 14.9. The van der Waals surface area contributed by atoms with E-state index in [2.05, 4.69) is 29.7 Å². The van der Waals surface area contributed by atoms with Crippen molar-refractivity contribution in [2.45, 2.75) is 61.1 Å². The first-order valence-electron chi connectivity index (χ1n) is 14.9. The van der Waals surface area contributed by atoms with Gasteiger partial charge in [0, 0.05) is 37.0 Å². The summed E-state index contributed by atoms with van der Waals surface area (Å²) in [5, 5.41) is 5.90. The van der Waals surface area contributed by atoms with Crippen molar-refractivity contribution < 1.29 is 14.3 Å². The number of carbonyl (C=O) groups is 1. The van der Waals surface area contributed by atoms with Gasteiger partial charge in [0.05, 0.1) is 25.6 Å². The first kappa shape index (κ1) is 30.7. The van der Waals surface area contributed by atoms with E-state index in [9.17, 15) is 9.59 Å². The molecule has 1 aromatic heterocycles. The molecule has 9 heteroatoms. The van der Waals surface area contributed by atoms with E-state index in [-0.39, 0.29) is 24.8 Å². The zero-order valence-corrected chi connectivity index (χ0v) is 26.8. The molecule has 4 aromatic rings. The molecule has 0 spiro atoms. The largest absolute Gasteiger partial charge is 0.493 e. The Hall–Kier alpha value is -4.79. The highest BCUT2D eigenvalue weighted by molar-refractivity contribution is 5.91. The van der Waals surface area contributed by atoms with Crippen molar-refractivity contribution in [1.82, 2.24) is 14.5 Å². The summed E-state index contributed by atoms with van der Waals surface area (Å²) in [4.78, 5) is 32.1. The summed E-state index contributed by atoms with van der Waals surface area (Å²) in [6.45, 7) is 13.1. The Bertz CT molecular complexity index is 1850. The van der Waals surface area contributed by atoms with Crippen LogP contribution in [-0.2, 0) is 19.5 Å². The predicted molar refractivity (Wildman–Crippen MR) is 174 cm³/mol. The number of aryl methyl sites for hydroxylation is 7. The van der Waals surface area contributed by atoms with Crippen molar-refractivity contribution in [3.05, 3.63) is 97.4 Å². The molecular formula is C35H41N5O4. The second-order valence-electron chi connectivity index (χ2n) is 11.6. The fourth-order valence-corrected chi connectivity index (χ4v) is 6.25. The van der Waals surface area contributed by atoms with Crippen LogP contribution in [0.2, 0.25) is 0 Å². The van der Waals surface area contributed by atoms with E-state index in [1.807, 2.05) is 65.0 Å². The number of nitrogens with zero attached hydrogens (tertiary/aromatic N) is 3. The maximum absolute atomic E-state index is 14.1. The van der Waals surface area contributed by atoms with Gasteiger partial charge >= 0.3 is 11.7 Å². The van der Waals surface area contributed by atoms with Crippen molar-refractivity contribution in [3.8, 4) is 22.8 Å². The molecule has 0 radical (unpaired) electrons. The minimum atomic E-state index is -0.322. The van der Waals surface area contributed by atoms with Crippen LogP contribution < -0.4 is 31.3 Å². The molecule has 0 atom stereocenters. The molecule has 2 N–H and O–H groups in total. The lowest BCUT2D eigenvalue weighted by molar-refractivity contribution is 0.251. The van der Waals surface area contributed by atoms with Gasteiger partial charge in [-0.25, -0.2) is 14.6 Å². The summed E-state index contributed by atoms with van der Waals surface area (Å²) < 4.78 is 14.6. The van der Waals surface area contributed by atoms with E-state index < -0.39 is 0 Å². The molecule has 44 heavy (non-hydrogen) atoms. The molecule has 0 saturated carbocycles. The Morgan fingerprint density at radius 2 is 1.43 bits per heavy atom. The Morgan fingerprint density at radius 1 is 0.841 bits per heavy atom. The normalized spacial score (nSPS) is 12.4. The van der Waals surface area contributed by atoms with E-state index in [1.165, 1.54) is 0 Å². The number of anilines is 1. The zero-order valence-electron chi connectivity index (χ0n) is 26.8. The van der Waals surface area contributed by atoms with Crippen LogP contribution in [-0.4, -0.2) is 35.9 Å². The molecule has 5 rings (SSSR count). The molecule has 0 aliphatic carbocycles. The fraction of sp³-hybridized carbons (Fsp3) is 0.343. The fourth-order valence-electron chi connectivity index (χ4n) is 6.25. The Kier molecular flexibility index (Phi) is 8.67. The molecular weight excluding hydrogens is 554 g/mol. The lowest BCUT2D eigenvalue weighted by atomic mass is 9.97. The third-order valence-electron chi connectivity index (χ3n) is 8.18. The summed E-state index contributed by atoms with van der Waals surface area (Å²) in [6.07, 6.45) is 0.672. The topological polar surface area (TPSA) is 98.9 Å². The molecule has 0 fully saturated rings. The van der Waals surface area contributed by atoms with E-state index >= 15 is 0 Å². The number of nitrogens with one attached hydrogen (secondary N) is 2. The highest BCUT2D eigenvalue weighted by atomic mass is 16.5. The Balaban J connectivity index is 1.55. The standard InChI is InChI=1S/C35H41N5O4/c1-20-13-22(3)32(23(4)14-20)37-31-19-28-27-18-30(44-8)29(43-7)17-26(27)9-11-39(28)35(42)40(31)12-10-36-34(41)38-33-24(5)15-21(2)16-25(33)6/h13-19H,9-12H2,1-8H3,(H2,36,38,41). The molecule has 3 aromatic carbocycles. The van der Waals surface area contributed by atoms with Crippen LogP contribution in [0.3, 0.4) is 0 Å². The lowest BCUT2D eigenvalue weighted by Crippen LogP contribution is -2.44. The van der Waals surface area contributed by atoms with Crippen molar-refractivity contribution in [2.24, 2.45) is 4.99 Å². The van der Waals surface area contributed by atoms with Crippen LogP contribution in [0.5, 0.6) is 11.5 Å². The van der Waals surface area contributed by atoms with Crippen LogP contribution >= 0.6 is 0 Å². The average Bonchev–Trinajstić information content (AvgIpc) is 2.97. The van der Waals surface area contributed by atoms with Gasteiger partial charge in [-0.2, -0.15) is 0 Å². The van der Waals surface area contributed by atoms with Crippen molar-refractivity contribution in [1.29, 1.82) is 0 Å². The van der Waals surface area contributed by atoms with Gasteiger partial charge in [0.15, 0.2) is 11.5 Å². The number of urea groups is 1. The number of fused-ring (bicyclic) bond motifs is 3. The van der Waals surface area contributed by atoms with Crippen LogP contribution in [0.4, 0.5) is 16.2 Å². The summed E-state index contributed by atoms with van der Waals surface area (Å²) in [5.74, 6) is 1.26. The smallest absolute Gasteiger partial charge is 0.330 e. The third kappa shape index (κ3) is 6.00. The van der Waals surface area contributed by atoms with E-state index in [1.54, 1.807) is 23.4 Å². The molecule has 0 unspecified atom stereocenters. The maximum Gasteiger partial charge on any atom is 0.330 e. The molecule has 0 saturated heterocycles. The van der Waals surface area contributed by atoms with Crippen LogP contribution in [0.25, 0.3) is 11.3 Å². The molecule has 0 bridgehead atoms. The number of rotatable bonds is 7. The highest BCUT2D eigenvalue weighted by Crippen LogP contribution is 2.37. The van der Waals surface area contributed by atoms with Crippen molar-refractivity contribution >= 4 is 17.4 Å². The molecule has 2 amide bonds. The summed E-state index contributed by atoms with van der Waals surface area (Å²) >= 11 is 0. The number of hydrogen-bond donors (Lipinski definition) is 2. The van der Waals surface area contributed by atoms with Gasteiger partial charge < -0.3 is 20.1 Å². The lowest BCUT2D eigenvalue weighted by Gasteiger charge is -2.24.